The van der Waals surface area contributed by atoms with Crippen molar-refractivity contribution in [1.82, 2.24) is 28.7 Å². The molecule has 7 aromatic carbocycles. The van der Waals surface area contributed by atoms with Crippen molar-refractivity contribution in [3.8, 4) is 69.4 Å². The summed E-state index contributed by atoms with van der Waals surface area (Å²) in [5.41, 5.74) is 1.28. The Bertz CT molecular complexity index is 3400. The van der Waals surface area contributed by atoms with E-state index in [4.69, 9.17) is 15.0 Å². The lowest BCUT2D eigenvalue weighted by atomic mass is 10.1. The highest BCUT2D eigenvalue weighted by atomic mass is 19.1. The monoisotopic (exact) mass is 879 g/mol. The third-order valence-electron chi connectivity index (χ3n) is 11.4. The van der Waals surface area contributed by atoms with Gasteiger partial charge in [0.1, 0.15) is 104 Å². The lowest BCUT2D eigenvalue weighted by Crippen LogP contribution is -2.02. The quantitative estimate of drug-likeness (QED) is 0.153. The van der Waals surface area contributed by atoms with E-state index in [-0.39, 0.29) is 67.3 Å². The van der Waals surface area contributed by atoms with E-state index in [2.05, 4.69) is 0 Å². The Balaban J connectivity index is 1.52. The van der Waals surface area contributed by atoms with Crippen molar-refractivity contribution in [2.75, 3.05) is 0 Å². The first-order valence-corrected chi connectivity index (χ1v) is 20.1. The number of aryl methyl sites for hydroxylation is 3. The minimum atomic E-state index is -1.04. The second kappa shape index (κ2) is 15.4. The van der Waals surface area contributed by atoms with Gasteiger partial charge in [-0.15, -0.1) is 0 Å². The van der Waals surface area contributed by atoms with Crippen LogP contribution in [0.1, 0.15) is 33.4 Å². The summed E-state index contributed by atoms with van der Waals surface area (Å²) >= 11 is 0. The van der Waals surface area contributed by atoms with Gasteiger partial charge in [-0.3, -0.25) is 13.7 Å². The van der Waals surface area contributed by atoms with E-state index in [0.29, 0.717) is 17.1 Å². The fraction of sp³-hybridized carbons (Fsp3) is 0.0588. The molecule has 0 spiro atoms. The molecule has 0 radical (unpaired) electrons. The second-order valence-electron chi connectivity index (χ2n) is 15.7. The Morgan fingerprint density at radius 1 is 0.364 bits per heavy atom. The molecule has 15 heteroatoms. The number of nitrogens with zero attached hydrogens (tertiary/aromatic N) is 9. The van der Waals surface area contributed by atoms with E-state index in [1.54, 1.807) is 91.0 Å². The summed E-state index contributed by atoms with van der Waals surface area (Å²) < 4.78 is 101. The number of benzene rings is 7. The molecule has 0 aliphatic rings. The first-order chi connectivity index (χ1) is 31.8. The van der Waals surface area contributed by atoms with Crippen LogP contribution in [-0.2, 0) is 0 Å². The van der Waals surface area contributed by atoms with E-state index in [9.17, 15) is 15.8 Å². The maximum atomic E-state index is 16.4. The average Bonchev–Trinajstić information content (AvgIpc) is 4.01. The van der Waals surface area contributed by atoms with Crippen molar-refractivity contribution in [3.63, 3.8) is 0 Å². The fourth-order valence-electron chi connectivity index (χ4n) is 8.20. The Labute approximate surface area is 370 Å². The maximum absolute atomic E-state index is 16.4. The van der Waals surface area contributed by atoms with Gasteiger partial charge in [0, 0.05) is 17.1 Å². The van der Waals surface area contributed by atoms with Crippen LogP contribution in [-0.4, -0.2) is 28.7 Å². The largest absolute Gasteiger partial charge is 0.290 e. The van der Waals surface area contributed by atoms with Crippen LogP contribution in [0.2, 0.25) is 0 Å². The van der Waals surface area contributed by atoms with E-state index in [1.807, 2.05) is 20.8 Å². The summed E-state index contributed by atoms with van der Waals surface area (Å²) in [5.74, 6) is -6.68. The van der Waals surface area contributed by atoms with E-state index in [0.717, 1.165) is 53.1 Å². The number of hydrogen-bond donors (Lipinski definition) is 0. The van der Waals surface area contributed by atoms with Crippen LogP contribution in [0.4, 0.5) is 26.3 Å². The molecule has 0 aliphatic heterocycles. The number of rotatable bonds is 6. The van der Waals surface area contributed by atoms with Gasteiger partial charge in [-0.05, 0) is 93.6 Å². The molecule has 3 aromatic heterocycles. The molecule has 0 saturated heterocycles. The maximum Gasteiger partial charge on any atom is 0.148 e. The molecule has 0 N–H and O–H groups in total. The SMILES string of the molecule is Cc1ccc(-n2c(-c3cc(F)c(C#N)cc3F)nc3c2c2nc(-c4cc(F)c(C#N)cc4F)n(-c4ccc(C)cc4)c2c2nc(-c4cc(F)c(C#N)cc4F)n(-c4ccc(C)cc4)c32)cc1. The van der Waals surface area contributed by atoms with Crippen LogP contribution < -0.4 is 0 Å². The third kappa shape index (κ3) is 6.34. The third-order valence-corrected chi connectivity index (χ3v) is 11.4. The van der Waals surface area contributed by atoms with Crippen molar-refractivity contribution in [2.45, 2.75) is 20.8 Å². The molecule has 0 amide bonds. The molecule has 66 heavy (non-hydrogen) atoms. The van der Waals surface area contributed by atoms with Gasteiger partial charge in [0.05, 0.1) is 33.4 Å². The molecular formula is C51H27F6N9. The Morgan fingerprint density at radius 3 is 0.833 bits per heavy atom. The number of fused-ring (bicyclic) bond motifs is 6. The molecule has 10 aromatic rings. The van der Waals surface area contributed by atoms with Crippen LogP contribution in [0.5, 0.6) is 0 Å². The van der Waals surface area contributed by atoms with Gasteiger partial charge >= 0.3 is 0 Å². The molecule has 0 bridgehead atoms. The number of hydrogen-bond acceptors (Lipinski definition) is 6. The van der Waals surface area contributed by atoms with Gasteiger partial charge < -0.3 is 0 Å². The van der Waals surface area contributed by atoms with Gasteiger partial charge in [0.15, 0.2) is 0 Å². The van der Waals surface area contributed by atoms with E-state index < -0.39 is 51.6 Å². The zero-order valence-electron chi connectivity index (χ0n) is 34.7. The summed E-state index contributed by atoms with van der Waals surface area (Å²) in [6.45, 7) is 5.55. The summed E-state index contributed by atoms with van der Waals surface area (Å²) in [6, 6.07) is 30.6. The zero-order valence-corrected chi connectivity index (χ0v) is 34.7. The lowest BCUT2D eigenvalue weighted by molar-refractivity contribution is 0.598. The van der Waals surface area contributed by atoms with Crippen LogP contribution in [0.25, 0.3) is 84.3 Å². The number of nitriles is 3. The fourth-order valence-corrected chi connectivity index (χ4v) is 8.20. The lowest BCUT2D eigenvalue weighted by Gasteiger charge is -2.13. The Kier molecular flexibility index (Phi) is 9.55. The highest BCUT2D eigenvalue weighted by Gasteiger charge is 2.33. The Morgan fingerprint density at radius 2 is 0.606 bits per heavy atom. The van der Waals surface area contributed by atoms with Crippen molar-refractivity contribution >= 4 is 33.1 Å². The minimum absolute atomic E-state index is 0.0256. The summed E-state index contributed by atoms with van der Waals surface area (Å²) in [5, 5.41) is 28.8. The van der Waals surface area contributed by atoms with Gasteiger partial charge in [0.2, 0.25) is 0 Å². The van der Waals surface area contributed by atoms with Crippen LogP contribution in [0, 0.1) is 89.7 Å². The molecule has 0 fully saturated rings. The predicted octanol–water partition coefficient (Wildman–Crippen LogP) is 12.1. The summed E-state index contributed by atoms with van der Waals surface area (Å²) in [6.07, 6.45) is 0. The zero-order chi connectivity index (χ0) is 46.3. The molecule has 3 heterocycles. The molecule has 0 aliphatic carbocycles. The molecule has 9 nitrogen and oxygen atoms in total. The number of halogens is 6. The number of imidazole rings is 3. The molecular weight excluding hydrogens is 853 g/mol. The second-order valence-corrected chi connectivity index (χ2v) is 15.7. The van der Waals surface area contributed by atoms with E-state index >= 15 is 26.3 Å². The molecule has 0 unspecified atom stereocenters. The van der Waals surface area contributed by atoms with Crippen LogP contribution in [0.15, 0.2) is 109 Å². The average molecular weight is 880 g/mol. The predicted molar refractivity (Wildman–Crippen MR) is 235 cm³/mol. The topological polar surface area (TPSA) is 125 Å². The van der Waals surface area contributed by atoms with Crippen molar-refractivity contribution in [2.24, 2.45) is 0 Å². The van der Waals surface area contributed by atoms with Gasteiger partial charge in [-0.2, -0.15) is 15.8 Å². The van der Waals surface area contributed by atoms with Crippen molar-refractivity contribution < 1.29 is 26.3 Å². The summed E-state index contributed by atoms with van der Waals surface area (Å²) in [4.78, 5) is 15.1. The first-order valence-electron chi connectivity index (χ1n) is 20.1. The standard InChI is InChI=1S/C51H27F6N9/c1-25-4-10-31(11-5-25)64-46-43(61-49(64)34-19-37(52)28(22-58)16-40(34)55)47-45(63-51(65(47)32-12-6-26(2)7-13-32)36-21-39(54)30(24-60)18-42(36)57)48-44(46)62-50(66(48)33-14-8-27(3)9-15-33)35-20-38(53)29(23-59)17-41(35)56/h4-21H,1-3H3. The van der Waals surface area contributed by atoms with Crippen LogP contribution >= 0.6 is 0 Å². The van der Waals surface area contributed by atoms with Crippen LogP contribution in [0.3, 0.4) is 0 Å². The van der Waals surface area contributed by atoms with E-state index in [1.165, 1.54) is 13.7 Å². The molecule has 10 rings (SSSR count). The van der Waals surface area contributed by atoms with Gasteiger partial charge in [-0.1, -0.05) is 53.1 Å². The Hall–Kier alpha value is -9.00. The smallest absolute Gasteiger partial charge is 0.148 e. The number of aromatic nitrogens is 6. The highest BCUT2D eigenvalue weighted by Crippen LogP contribution is 2.45. The molecule has 318 valence electrons. The molecule has 0 atom stereocenters. The first kappa shape index (κ1) is 41.0. The molecule has 0 saturated carbocycles. The van der Waals surface area contributed by atoms with Crippen molar-refractivity contribution in [3.05, 3.63) is 177 Å². The normalized spacial score (nSPS) is 11.4. The van der Waals surface area contributed by atoms with Gasteiger partial charge in [-0.25, -0.2) is 41.3 Å². The summed E-state index contributed by atoms with van der Waals surface area (Å²) in [7, 11) is 0. The van der Waals surface area contributed by atoms with Gasteiger partial charge in [0.25, 0.3) is 0 Å². The highest BCUT2D eigenvalue weighted by molar-refractivity contribution is 6.22. The minimum Gasteiger partial charge on any atom is -0.290 e. The van der Waals surface area contributed by atoms with Crippen molar-refractivity contribution in [1.29, 1.82) is 15.8 Å².